The van der Waals surface area contributed by atoms with Crippen LogP contribution in [-0.2, 0) is 23.1 Å². The first-order valence-corrected chi connectivity index (χ1v) is 15.0. The minimum atomic E-state index is -0.905. The lowest BCUT2D eigenvalue weighted by atomic mass is 9.48. The number of hydrogen-bond acceptors (Lipinski definition) is 4. The molecule has 2 aliphatic heterocycles. The Labute approximate surface area is 243 Å². The summed E-state index contributed by atoms with van der Waals surface area (Å²) in [6.45, 7) is 5.96. The quantitative estimate of drug-likeness (QED) is 0.487. The number of carbonyl (C=O) groups is 1. The van der Waals surface area contributed by atoms with Crippen molar-refractivity contribution in [2.75, 3.05) is 20.1 Å². The van der Waals surface area contributed by atoms with E-state index in [0.29, 0.717) is 12.8 Å². The largest absolute Gasteiger partial charge is 0.487 e. The molecule has 1 amide bonds. The molecule has 41 heavy (non-hydrogen) atoms. The van der Waals surface area contributed by atoms with Gasteiger partial charge in [0.1, 0.15) is 11.9 Å². The third kappa shape index (κ3) is 3.95. The van der Waals surface area contributed by atoms with Crippen LogP contribution in [0.3, 0.4) is 0 Å². The summed E-state index contributed by atoms with van der Waals surface area (Å²) in [7, 11) is 1.85. The minimum absolute atomic E-state index is 0.0263. The van der Waals surface area contributed by atoms with Crippen molar-refractivity contribution < 1.29 is 14.6 Å². The fraction of sp³-hybridized carbons (Fsp3) is 0.417. The topological polar surface area (TPSA) is 53.0 Å². The van der Waals surface area contributed by atoms with Crippen LogP contribution < -0.4 is 4.74 Å². The highest BCUT2D eigenvalue weighted by molar-refractivity contribution is 5.94. The number of carbonyl (C=O) groups excluding carboxylic acids is 1. The van der Waals surface area contributed by atoms with Crippen LogP contribution in [0, 0.1) is 25.7 Å². The lowest BCUT2D eigenvalue weighted by Gasteiger charge is -2.64. The van der Waals surface area contributed by atoms with Crippen molar-refractivity contribution in [3.8, 4) is 17.6 Å². The van der Waals surface area contributed by atoms with Gasteiger partial charge in [-0.2, -0.15) is 0 Å². The van der Waals surface area contributed by atoms with Gasteiger partial charge in [0.15, 0.2) is 0 Å². The monoisotopic (exact) mass is 546 g/mol. The first-order valence-electron chi connectivity index (χ1n) is 15.0. The molecule has 1 N–H and O–H groups in total. The van der Waals surface area contributed by atoms with E-state index >= 15 is 0 Å². The molecular formula is C36H38N2O3. The molecule has 210 valence electrons. The molecule has 0 radical (unpaired) electrons. The summed E-state index contributed by atoms with van der Waals surface area (Å²) in [4.78, 5) is 17.7. The van der Waals surface area contributed by atoms with Gasteiger partial charge in [0.2, 0.25) is 0 Å². The molecule has 4 aliphatic rings. The number of amides is 1. The number of hydrogen-bond donors (Lipinski definition) is 1. The van der Waals surface area contributed by atoms with E-state index in [4.69, 9.17) is 4.74 Å². The van der Waals surface area contributed by atoms with E-state index in [9.17, 15) is 9.90 Å². The summed E-state index contributed by atoms with van der Waals surface area (Å²) in [6.07, 6.45) is 3.63. The highest BCUT2D eigenvalue weighted by Gasteiger charge is 2.73. The number of aryl methyl sites for hydroxylation is 2. The number of likely N-dealkylation sites (N-methyl/N-ethyl adjacent to an activating group) is 1. The van der Waals surface area contributed by atoms with Gasteiger partial charge in [-0.1, -0.05) is 54.5 Å². The van der Waals surface area contributed by atoms with Crippen LogP contribution in [0.4, 0.5) is 0 Å². The van der Waals surface area contributed by atoms with E-state index in [0.717, 1.165) is 49.2 Å². The molecule has 1 saturated heterocycles. The molecule has 1 spiro atoms. The summed E-state index contributed by atoms with van der Waals surface area (Å²) in [6, 6.07) is 22.9. The molecule has 2 bridgehead atoms. The van der Waals surface area contributed by atoms with Gasteiger partial charge in [0.25, 0.3) is 5.91 Å². The lowest BCUT2D eigenvalue weighted by Crippen LogP contribution is -2.78. The molecule has 3 aromatic rings. The van der Waals surface area contributed by atoms with Gasteiger partial charge < -0.3 is 14.7 Å². The summed E-state index contributed by atoms with van der Waals surface area (Å²) < 4.78 is 6.76. The second kappa shape index (κ2) is 9.76. The number of aliphatic hydroxyl groups is 1. The molecule has 7 rings (SSSR count). The smallest absolute Gasteiger partial charge is 0.298 e. The van der Waals surface area contributed by atoms with Crippen LogP contribution in [0.15, 0.2) is 66.7 Å². The Morgan fingerprint density at radius 2 is 1.90 bits per heavy atom. The first-order chi connectivity index (χ1) is 19.8. The normalized spacial score (nSPS) is 29.1. The van der Waals surface area contributed by atoms with Crippen molar-refractivity contribution in [2.24, 2.45) is 0 Å². The molecule has 5 heteroatoms. The van der Waals surface area contributed by atoms with E-state index < -0.39 is 11.0 Å². The second-order valence-corrected chi connectivity index (χ2v) is 12.5. The number of benzene rings is 3. The van der Waals surface area contributed by atoms with Crippen LogP contribution in [0.25, 0.3) is 0 Å². The Morgan fingerprint density at radius 1 is 1.07 bits per heavy atom. The zero-order valence-corrected chi connectivity index (χ0v) is 24.2. The highest BCUT2D eigenvalue weighted by Crippen LogP contribution is 2.64. The predicted octanol–water partition coefficient (Wildman–Crippen LogP) is 4.58. The lowest BCUT2D eigenvalue weighted by molar-refractivity contribution is -0.199. The Kier molecular flexibility index (Phi) is 6.26. The second-order valence-electron chi connectivity index (χ2n) is 12.5. The molecule has 3 aromatic carbocycles. The third-order valence-electron chi connectivity index (χ3n) is 10.6. The number of nitrogens with zero attached hydrogens (tertiary/aromatic N) is 2. The average molecular weight is 547 g/mol. The van der Waals surface area contributed by atoms with Crippen LogP contribution >= 0.6 is 0 Å². The fourth-order valence-corrected chi connectivity index (χ4v) is 8.34. The Hall–Kier alpha value is -3.59. The van der Waals surface area contributed by atoms with Gasteiger partial charge in [0, 0.05) is 36.7 Å². The Bertz CT molecular complexity index is 1570. The zero-order valence-electron chi connectivity index (χ0n) is 24.2. The molecule has 0 unspecified atom stereocenters. The van der Waals surface area contributed by atoms with Crippen LogP contribution in [0.2, 0.25) is 0 Å². The maximum atomic E-state index is 13.4. The maximum Gasteiger partial charge on any atom is 0.298 e. The number of piperidine rings is 1. The van der Waals surface area contributed by atoms with E-state index in [1.54, 1.807) is 4.90 Å². The number of ether oxygens (including phenoxy) is 1. The Balaban J connectivity index is 1.19. The van der Waals surface area contributed by atoms with Gasteiger partial charge in [-0.25, -0.2) is 0 Å². The van der Waals surface area contributed by atoms with Crippen molar-refractivity contribution in [3.05, 3.63) is 100 Å². The van der Waals surface area contributed by atoms with E-state index in [1.807, 2.05) is 31.3 Å². The van der Waals surface area contributed by atoms with E-state index in [2.05, 4.69) is 73.1 Å². The van der Waals surface area contributed by atoms with Crippen LogP contribution in [0.5, 0.6) is 5.75 Å². The van der Waals surface area contributed by atoms with Crippen LogP contribution in [0.1, 0.15) is 52.6 Å². The predicted molar refractivity (Wildman–Crippen MR) is 160 cm³/mol. The van der Waals surface area contributed by atoms with Crippen LogP contribution in [-0.4, -0.2) is 64.7 Å². The maximum absolute atomic E-state index is 13.4. The van der Waals surface area contributed by atoms with Crippen molar-refractivity contribution in [1.29, 1.82) is 0 Å². The molecule has 5 nitrogen and oxygen atoms in total. The first kappa shape index (κ1) is 26.3. The van der Waals surface area contributed by atoms with Crippen molar-refractivity contribution in [3.63, 3.8) is 0 Å². The molecule has 2 heterocycles. The summed E-state index contributed by atoms with van der Waals surface area (Å²) in [5.74, 6) is 6.66. The molecule has 2 aliphatic carbocycles. The van der Waals surface area contributed by atoms with Gasteiger partial charge in [-0.05, 0) is 92.9 Å². The fourth-order valence-electron chi connectivity index (χ4n) is 8.34. The zero-order chi connectivity index (χ0) is 28.4. The third-order valence-corrected chi connectivity index (χ3v) is 10.6. The highest BCUT2D eigenvalue weighted by atomic mass is 16.5. The van der Waals surface area contributed by atoms with E-state index in [1.165, 1.54) is 22.3 Å². The molecule has 1 saturated carbocycles. The summed E-state index contributed by atoms with van der Waals surface area (Å²) in [5.41, 5.74) is 5.60. The van der Waals surface area contributed by atoms with Crippen molar-refractivity contribution in [2.45, 2.75) is 75.2 Å². The minimum Gasteiger partial charge on any atom is -0.487 e. The van der Waals surface area contributed by atoms with Gasteiger partial charge in [-0.15, -0.1) is 0 Å². The number of rotatable bonds is 4. The molecule has 2 fully saturated rings. The standard InChI is InChI=1S/C36H38N2O3/c1-24-12-13-27(22-25(24)2)14-15-32(39)37(3)29-16-18-36(40)31-23-28-10-7-11-30-33(28)35(36,34(29)41-30)19-21-38(31)20-17-26-8-5-4-6-9-26/h4-13,22,29,31,34,40H,16-21,23H2,1-3H3/t29-,31-,34+,35+,36-/m1/s1. The Morgan fingerprint density at radius 3 is 2.71 bits per heavy atom. The number of likely N-dealkylation sites (tertiary alicyclic amines) is 1. The molecular weight excluding hydrogens is 508 g/mol. The molecule has 0 aromatic heterocycles. The van der Waals surface area contributed by atoms with Gasteiger partial charge >= 0.3 is 0 Å². The van der Waals surface area contributed by atoms with Gasteiger partial charge in [-0.3, -0.25) is 9.69 Å². The van der Waals surface area contributed by atoms with Crippen molar-refractivity contribution >= 4 is 5.91 Å². The summed E-state index contributed by atoms with van der Waals surface area (Å²) in [5, 5.41) is 12.8. The van der Waals surface area contributed by atoms with E-state index in [-0.39, 0.29) is 24.1 Å². The van der Waals surface area contributed by atoms with Crippen molar-refractivity contribution in [1.82, 2.24) is 9.80 Å². The van der Waals surface area contributed by atoms with Gasteiger partial charge in [0.05, 0.1) is 17.1 Å². The average Bonchev–Trinajstić information content (AvgIpc) is 3.32. The SMILES string of the molecule is Cc1ccc(C#CC(=O)N(C)[C@@H]2CC[C@@]3(O)[C@H]4Cc5cccc6c5[C@@]3(CCN4CCc3ccccc3)[C@H]2O6)cc1C. The molecule has 5 atom stereocenters. The summed E-state index contributed by atoms with van der Waals surface area (Å²) >= 11 is 0.